The summed E-state index contributed by atoms with van der Waals surface area (Å²) in [6.07, 6.45) is 1.94. The third-order valence-corrected chi connectivity index (χ3v) is 6.44. The van der Waals surface area contributed by atoms with Gasteiger partial charge in [-0.05, 0) is 24.4 Å². The van der Waals surface area contributed by atoms with E-state index in [-0.39, 0.29) is 11.9 Å². The molecular weight excluding hydrogens is 380 g/mol. The highest BCUT2D eigenvalue weighted by Crippen LogP contribution is 2.23. The number of carbonyl (C=O) groups is 1. The van der Waals surface area contributed by atoms with E-state index in [0.29, 0.717) is 6.54 Å². The molecule has 0 spiro atoms. The van der Waals surface area contributed by atoms with Crippen molar-refractivity contribution >= 4 is 23.1 Å². The van der Waals surface area contributed by atoms with Gasteiger partial charge in [-0.2, -0.15) is 0 Å². The van der Waals surface area contributed by atoms with Crippen LogP contribution in [0.5, 0.6) is 0 Å². The first-order chi connectivity index (χ1) is 14.2. The van der Waals surface area contributed by atoms with Crippen molar-refractivity contribution in [3.63, 3.8) is 0 Å². The molecule has 0 saturated carbocycles. The topological polar surface area (TPSA) is 54.3 Å². The average Bonchev–Trinajstić information content (AvgIpc) is 3.30. The zero-order valence-corrected chi connectivity index (χ0v) is 17.6. The Bertz CT molecular complexity index is 904. The fourth-order valence-corrected chi connectivity index (χ4v) is 4.63. The van der Waals surface area contributed by atoms with Gasteiger partial charge < -0.3 is 10.2 Å². The average molecular weight is 409 g/mol. The third kappa shape index (κ3) is 4.83. The maximum atomic E-state index is 12.9. The monoisotopic (exact) mass is 408 g/mol. The molecule has 29 heavy (non-hydrogen) atoms. The van der Waals surface area contributed by atoms with Gasteiger partial charge in [0, 0.05) is 11.6 Å². The molecule has 0 aliphatic carbocycles. The number of amides is 1. The SMILES string of the molecule is Cc1ccc([C@H]([NH2+]CC(=O)N2CCN(c3cccc[nH+]3)CC2)c2cccs2)cc1. The standard InChI is InChI=1S/C23H26N4OS/c1-18-7-9-19(10-8-18)23(20-5-4-16-29-20)25-17-22(28)27-14-12-26(13-15-27)21-6-2-3-11-24-21/h2-11,16,23,25H,12-15,17H2,1H3/p+2/t23-/m0/s1. The van der Waals surface area contributed by atoms with Gasteiger partial charge in [-0.15, -0.1) is 11.3 Å². The number of piperazine rings is 1. The number of nitrogens with one attached hydrogen (secondary N) is 1. The van der Waals surface area contributed by atoms with Crippen molar-refractivity contribution in [3.8, 4) is 0 Å². The van der Waals surface area contributed by atoms with Crippen molar-refractivity contribution in [1.29, 1.82) is 0 Å². The normalized spacial score (nSPS) is 15.3. The number of hydrogen-bond donors (Lipinski definition) is 1. The lowest BCUT2D eigenvalue weighted by Crippen LogP contribution is -2.87. The second kappa shape index (κ2) is 9.20. The molecule has 1 fully saturated rings. The molecule has 1 saturated heterocycles. The van der Waals surface area contributed by atoms with Crippen LogP contribution in [-0.4, -0.2) is 43.5 Å². The van der Waals surface area contributed by atoms with Gasteiger partial charge in [-0.25, -0.2) is 4.98 Å². The summed E-state index contributed by atoms with van der Waals surface area (Å²) in [5.41, 5.74) is 2.50. The summed E-state index contributed by atoms with van der Waals surface area (Å²) < 4.78 is 0. The van der Waals surface area contributed by atoms with Crippen molar-refractivity contribution in [3.05, 3.63) is 82.2 Å². The molecule has 3 N–H and O–H groups in total. The van der Waals surface area contributed by atoms with Gasteiger partial charge >= 0.3 is 0 Å². The van der Waals surface area contributed by atoms with E-state index >= 15 is 0 Å². The minimum Gasteiger partial charge on any atom is -0.330 e. The maximum Gasteiger partial charge on any atom is 0.277 e. The van der Waals surface area contributed by atoms with Gasteiger partial charge in [-0.3, -0.25) is 9.69 Å². The number of aromatic amines is 1. The highest BCUT2D eigenvalue weighted by Gasteiger charge is 2.28. The lowest BCUT2D eigenvalue weighted by atomic mass is 10.0. The van der Waals surface area contributed by atoms with Gasteiger partial charge in [0.25, 0.3) is 11.7 Å². The Morgan fingerprint density at radius 3 is 2.52 bits per heavy atom. The minimum absolute atomic E-state index is 0.166. The summed E-state index contributed by atoms with van der Waals surface area (Å²) in [7, 11) is 0. The summed E-state index contributed by atoms with van der Waals surface area (Å²) in [4.78, 5) is 21.7. The highest BCUT2D eigenvalue weighted by atomic mass is 32.1. The molecule has 1 atom stereocenters. The molecule has 0 radical (unpaired) electrons. The van der Waals surface area contributed by atoms with Crippen LogP contribution >= 0.6 is 11.3 Å². The molecule has 1 aliphatic heterocycles. The zero-order chi connectivity index (χ0) is 20.1. The van der Waals surface area contributed by atoms with Crippen LogP contribution in [0.2, 0.25) is 0 Å². The van der Waals surface area contributed by atoms with E-state index in [1.807, 2.05) is 23.2 Å². The second-order valence-electron chi connectivity index (χ2n) is 7.46. The fourth-order valence-electron chi connectivity index (χ4n) is 3.78. The summed E-state index contributed by atoms with van der Waals surface area (Å²) >= 11 is 1.75. The number of rotatable bonds is 6. The van der Waals surface area contributed by atoms with Crippen LogP contribution in [0.4, 0.5) is 5.82 Å². The van der Waals surface area contributed by atoms with E-state index in [1.165, 1.54) is 16.0 Å². The molecule has 1 aromatic carbocycles. The number of carbonyl (C=O) groups excluding carboxylic acids is 1. The minimum atomic E-state index is 0.166. The van der Waals surface area contributed by atoms with E-state index in [4.69, 9.17) is 0 Å². The molecule has 4 rings (SSSR count). The number of thiophene rings is 1. The number of aryl methyl sites for hydroxylation is 1. The molecule has 0 bridgehead atoms. The summed E-state index contributed by atoms with van der Waals surface area (Å²) in [6, 6.07) is 19.1. The van der Waals surface area contributed by atoms with Crippen molar-refractivity contribution in [2.45, 2.75) is 13.0 Å². The number of nitrogens with zero attached hydrogens (tertiary/aromatic N) is 2. The van der Waals surface area contributed by atoms with Gasteiger partial charge in [-0.1, -0.05) is 42.0 Å². The van der Waals surface area contributed by atoms with Crippen molar-refractivity contribution in [2.24, 2.45) is 0 Å². The van der Waals surface area contributed by atoms with Crippen molar-refractivity contribution in [1.82, 2.24) is 4.90 Å². The number of H-pyrrole nitrogens is 1. The number of benzene rings is 1. The van der Waals surface area contributed by atoms with Gasteiger partial charge in [0.1, 0.15) is 19.1 Å². The van der Waals surface area contributed by atoms with Crippen LogP contribution in [0.3, 0.4) is 0 Å². The van der Waals surface area contributed by atoms with Crippen LogP contribution in [0.25, 0.3) is 0 Å². The Labute approximate surface area is 176 Å². The Morgan fingerprint density at radius 1 is 1.07 bits per heavy atom. The summed E-state index contributed by atoms with van der Waals surface area (Å²) in [6.45, 7) is 5.82. The van der Waals surface area contributed by atoms with E-state index in [9.17, 15) is 4.79 Å². The van der Waals surface area contributed by atoms with Gasteiger partial charge in [0.15, 0.2) is 6.54 Å². The van der Waals surface area contributed by atoms with E-state index < -0.39 is 0 Å². The quantitative estimate of drug-likeness (QED) is 0.677. The number of anilines is 1. The van der Waals surface area contributed by atoms with Crippen molar-refractivity contribution < 1.29 is 15.1 Å². The lowest BCUT2D eigenvalue weighted by molar-refractivity contribution is -0.676. The Balaban J connectivity index is 1.36. The van der Waals surface area contributed by atoms with E-state index in [0.717, 1.165) is 32.0 Å². The first-order valence-electron chi connectivity index (χ1n) is 10.1. The molecule has 6 heteroatoms. The first-order valence-corrected chi connectivity index (χ1v) is 11.0. The summed E-state index contributed by atoms with van der Waals surface area (Å²) in [5.74, 6) is 1.33. The van der Waals surface area contributed by atoms with Crippen LogP contribution in [0, 0.1) is 6.92 Å². The molecule has 0 unspecified atom stereocenters. The third-order valence-electron chi connectivity index (χ3n) is 5.48. The van der Waals surface area contributed by atoms with E-state index in [1.54, 1.807) is 11.3 Å². The predicted molar refractivity (Wildman–Crippen MR) is 116 cm³/mol. The number of hydrogen-bond acceptors (Lipinski definition) is 3. The molecule has 3 heterocycles. The second-order valence-corrected chi connectivity index (χ2v) is 8.44. The lowest BCUT2D eigenvalue weighted by Gasteiger charge is -2.30. The number of nitrogens with two attached hydrogens (primary N) is 1. The van der Waals surface area contributed by atoms with Crippen LogP contribution < -0.4 is 15.2 Å². The molecule has 3 aromatic rings. The molecule has 150 valence electrons. The van der Waals surface area contributed by atoms with Crippen LogP contribution in [-0.2, 0) is 4.79 Å². The van der Waals surface area contributed by atoms with Crippen molar-refractivity contribution in [2.75, 3.05) is 37.6 Å². The largest absolute Gasteiger partial charge is 0.330 e. The zero-order valence-electron chi connectivity index (χ0n) is 16.8. The number of quaternary nitrogens is 1. The Kier molecular flexibility index (Phi) is 6.22. The smallest absolute Gasteiger partial charge is 0.277 e. The van der Waals surface area contributed by atoms with Crippen LogP contribution in [0.15, 0.2) is 66.2 Å². The number of pyridine rings is 1. The van der Waals surface area contributed by atoms with E-state index in [2.05, 4.69) is 70.0 Å². The fraction of sp³-hybridized carbons (Fsp3) is 0.304. The molecule has 2 aromatic heterocycles. The highest BCUT2D eigenvalue weighted by molar-refractivity contribution is 7.10. The number of aromatic nitrogens is 1. The predicted octanol–water partition coefficient (Wildman–Crippen LogP) is 1.87. The van der Waals surface area contributed by atoms with Crippen LogP contribution in [0.1, 0.15) is 22.0 Å². The first kappa shape index (κ1) is 19.6. The molecule has 1 aliphatic rings. The van der Waals surface area contributed by atoms with Gasteiger partial charge in [0.2, 0.25) is 0 Å². The van der Waals surface area contributed by atoms with Gasteiger partial charge in [0.05, 0.1) is 24.2 Å². The molecule has 5 nitrogen and oxygen atoms in total. The molecular formula is C23H28N4OS+2. The maximum absolute atomic E-state index is 12.9. The summed E-state index contributed by atoms with van der Waals surface area (Å²) in [5, 5.41) is 4.28. The Hall–Kier alpha value is -2.70. The molecule has 1 amide bonds. The Morgan fingerprint density at radius 2 is 1.86 bits per heavy atom.